The number of fused-ring (bicyclic) bond motifs is 1. The number of nitrogens with one attached hydrogen (secondary N) is 1. The van der Waals surface area contributed by atoms with Crippen molar-refractivity contribution in [2.24, 2.45) is 0 Å². The Kier molecular flexibility index (Phi) is 5.47. The van der Waals surface area contributed by atoms with Gasteiger partial charge in [0.2, 0.25) is 5.95 Å². The molecule has 1 fully saturated rings. The summed E-state index contributed by atoms with van der Waals surface area (Å²) in [5.74, 6) is -2.58. The van der Waals surface area contributed by atoms with E-state index in [2.05, 4.69) is 4.98 Å². The number of benzene rings is 2. The van der Waals surface area contributed by atoms with Gasteiger partial charge in [-0.15, -0.1) is 0 Å². The van der Waals surface area contributed by atoms with E-state index in [0.717, 1.165) is 48.6 Å². The number of sulfonamides is 1. The van der Waals surface area contributed by atoms with Crippen LogP contribution in [0.3, 0.4) is 0 Å². The van der Waals surface area contributed by atoms with Crippen LogP contribution in [0.5, 0.6) is 0 Å². The quantitative estimate of drug-likeness (QED) is 0.390. The first kappa shape index (κ1) is 22.3. The van der Waals surface area contributed by atoms with Crippen molar-refractivity contribution in [3.63, 3.8) is 0 Å². The maximum Gasteiger partial charge on any atom is 0.420 e. The van der Waals surface area contributed by atoms with Gasteiger partial charge in [-0.2, -0.15) is 4.39 Å². The minimum absolute atomic E-state index is 0.0769. The van der Waals surface area contributed by atoms with E-state index in [1.165, 1.54) is 16.7 Å². The Balaban J connectivity index is 1.56. The van der Waals surface area contributed by atoms with Crippen molar-refractivity contribution in [2.45, 2.75) is 43.0 Å². The number of nitrogens with zero attached hydrogens (tertiary/aromatic N) is 2. The fourth-order valence-corrected chi connectivity index (χ4v) is 5.46. The smallest absolute Gasteiger partial charge is 0.408 e. The van der Waals surface area contributed by atoms with Crippen LogP contribution in [0, 0.1) is 11.8 Å². The van der Waals surface area contributed by atoms with Gasteiger partial charge in [-0.25, -0.2) is 22.6 Å². The first-order valence-corrected chi connectivity index (χ1v) is 12.3. The van der Waals surface area contributed by atoms with Crippen molar-refractivity contribution in [2.75, 3.05) is 4.72 Å². The highest BCUT2D eigenvalue weighted by Crippen LogP contribution is 2.40. The third-order valence-electron chi connectivity index (χ3n) is 6.29. The summed E-state index contributed by atoms with van der Waals surface area (Å²) in [5.41, 5.74) is 2.15. The zero-order valence-corrected chi connectivity index (χ0v) is 19.0. The molecule has 7 nitrogen and oxygen atoms in total. The molecule has 4 aromatic rings. The van der Waals surface area contributed by atoms with E-state index in [1.807, 2.05) is 35.9 Å². The summed E-state index contributed by atoms with van der Waals surface area (Å²) >= 11 is 0. The number of rotatable bonds is 6. The summed E-state index contributed by atoms with van der Waals surface area (Å²) < 4.78 is 62.5. The molecule has 34 heavy (non-hydrogen) atoms. The van der Waals surface area contributed by atoms with Gasteiger partial charge in [-0.05, 0) is 48.9 Å². The van der Waals surface area contributed by atoms with Gasteiger partial charge < -0.3 is 4.42 Å². The number of oxazole rings is 1. The fourth-order valence-electron chi connectivity index (χ4n) is 4.39. The normalized spacial score (nSPS) is 15.3. The second-order valence-electron chi connectivity index (χ2n) is 8.37. The molecule has 1 saturated carbocycles. The van der Waals surface area contributed by atoms with Gasteiger partial charge in [0.1, 0.15) is 16.5 Å². The number of hydrogen-bond acceptors (Lipinski definition) is 5. The molecule has 5 rings (SSSR count). The van der Waals surface area contributed by atoms with Crippen LogP contribution in [0.15, 0.2) is 68.7 Å². The van der Waals surface area contributed by atoms with Crippen molar-refractivity contribution in [3.8, 4) is 0 Å². The first-order chi connectivity index (χ1) is 16.2. The highest BCUT2D eigenvalue weighted by atomic mass is 32.2. The van der Waals surface area contributed by atoms with E-state index >= 15 is 4.39 Å². The molecular weight excluding hydrogens is 464 g/mol. The van der Waals surface area contributed by atoms with Gasteiger partial charge in [0.25, 0.3) is 10.0 Å². The summed E-state index contributed by atoms with van der Waals surface area (Å²) in [4.78, 5) is 15.5. The number of hydrogen-bond donors (Lipinski definition) is 1. The summed E-state index contributed by atoms with van der Waals surface area (Å²) in [6.07, 6.45) is 3.31. The lowest BCUT2D eigenvalue weighted by Crippen LogP contribution is -2.22. The van der Waals surface area contributed by atoms with Gasteiger partial charge >= 0.3 is 5.76 Å². The van der Waals surface area contributed by atoms with Crippen LogP contribution in [0.2, 0.25) is 0 Å². The number of pyridine rings is 1. The van der Waals surface area contributed by atoms with Crippen molar-refractivity contribution in [1.29, 1.82) is 0 Å². The van der Waals surface area contributed by atoms with Gasteiger partial charge in [-0.3, -0.25) is 9.29 Å². The molecule has 0 unspecified atom stereocenters. The third kappa shape index (κ3) is 3.87. The predicted octanol–water partition coefficient (Wildman–Crippen LogP) is 4.95. The lowest BCUT2D eigenvalue weighted by atomic mass is 9.77. The molecule has 0 amide bonds. The third-order valence-corrected chi connectivity index (χ3v) is 7.66. The molecule has 176 valence electrons. The standard InChI is InChI=1S/C24H21F2N3O4S/c1-14(16-8-2-3-9-17(16)15-6-4-7-15)29-19-12-18(25)21(13-20(19)33-24(29)30)34(31,32)28-23-11-5-10-22(26)27-23/h2-3,5,8-15H,4,6-7H2,1H3,(H,27,28)/t14-/m1/s1. The molecule has 1 aliphatic rings. The average Bonchev–Trinajstić information content (AvgIpc) is 3.06. The van der Waals surface area contributed by atoms with Crippen LogP contribution < -0.4 is 10.5 Å². The molecule has 0 spiro atoms. The minimum atomic E-state index is -4.47. The highest BCUT2D eigenvalue weighted by Gasteiger charge is 2.28. The Morgan fingerprint density at radius 1 is 1.12 bits per heavy atom. The van der Waals surface area contributed by atoms with Crippen LogP contribution in [0.4, 0.5) is 14.6 Å². The molecule has 0 radical (unpaired) electrons. The van der Waals surface area contributed by atoms with Crippen molar-refractivity contribution < 1.29 is 21.6 Å². The van der Waals surface area contributed by atoms with E-state index in [1.54, 1.807) is 0 Å². The van der Waals surface area contributed by atoms with Gasteiger partial charge in [0.15, 0.2) is 5.58 Å². The second-order valence-corrected chi connectivity index (χ2v) is 10.0. The van der Waals surface area contributed by atoms with Crippen molar-refractivity contribution in [1.82, 2.24) is 9.55 Å². The van der Waals surface area contributed by atoms with E-state index < -0.39 is 38.5 Å². The summed E-state index contributed by atoms with van der Waals surface area (Å²) in [7, 11) is -4.47. The topological polar surface area (TPSA) is 94.2 Å². The molecular formula is C24H21F2N3O4S. The minimum Gasteiger partial charge on any atom is -0.408 e. The zero-order valence-electron chi connectivity index (χ0n) is 18.2. The lowest BCUT2D eigenvalue weighted by molar-refractivity contribution is 0.412. The molecule has 0 aliphatic heterocycles. The Bertz CT molecular complexity index is 1560. The van der Waals surface area contributed by atoms with Crippen LogP contribution in [-0.4, -0.2) is 18.0 Å². The maximum atomic E-state index is 15.1. The first-order valence-electron chi connectivity index (χ1n) is 10.8. The Morgan fingerprint density at radius 2 is 1.88 bits per heavy atom. The number of halogens is 2. The van der Waals surface area contributed by atoms with Crippen LogP contribution in [0.1, 0.15) is 49.3 Å². The molecule has 1 N–H and O–H groups in total. The monoisotopic (exact) mass is 485 g/mol. The Morgan fingerprint density at radius 3 is 2.59 bits per heavy atom. The summed E-state index contributed by atoms with van der Waals surface area (Å²) in [6.45, 7) is 1.83. The van der Waals surface area contributed by atoms with Crippen molar-refractivity contribution in [3.05, 3.63) is 88.0 Å². The lowest BCUT2D eigenvalue weighted by Gasteiger charge is -2.29. The van der Waals surface area contributed by atoms with Gasteiger partial charge in [0, 0.05) is 12.1 Å². The molecule has 0 saturated heterocycles. The number of aromatic nitrogens is 2. The maximum absolute atomic E-state index is 15.1. The molecule has 2 aromatic carbocycles. The summed E-state index contributed by atoms with van der Waals surface area (Å²) in [5, 5.41) is 0. The highest BCUT2D eigenvalue weighted by molar-refractivity contribution is 7.92. The molecule has 10 heteroatoms. The largest absolute Gasteiger partial charge is 0.420 e. The van der Waals surface area contributed by atoms with E-state index in [-0.39, 0.29) is 16.9 Å². The second kappa shape index (κ2) is 8.35. The van der Waals surface area contributed by atoms with Gasteiger partial charge in [-0.1, -0.05) is 36.8 Å². The molecule has 0 bridgehead atoms. The van der Waals surface area contributed by atoms with Crippen LogP contribution in [0.25, 0.3) is 11.1 Å². The van der Waals surface area contributed by atoms with E-state index in [9.17, 15) is 17.6 Å². The number of anilines is 1. The van der Waals surface area contributed by atoms with Crippen LogP contribution in [-0.2, 0) is 10.0 Å². The average molecular weight is 486 g/mol. The predicted molar refractivity (Wildman–Crippen MR) is 122 cm³/mol. The SMILES string of the molecule is C[C@H](c1ccccc1C1CCC1)n1c(=O)oc2cc(S(=O)(=O)Nc3cccc(F)n3)c(F)cc21. The molecule has 2 aromatic heterocycles. The molecule has 2 heterocycles. The summed E-state index contributed by atoms with van der Waals surface area (Å²) in [6, 6.07) is 12.8. The van der Waals surface area contributed by atoms with Gasteiger partial charge in [0.05, 0.1) is 11.6 Å². The fraction of sp³-hybridized carbons (Fsp3) is 0.250. The van der Waals surface area contributed by atoms with E-state index in [0.29, 0.717) is 5.92 Å². The molecule has 1 atom stereocenters. The van der Waals surface area contributed by atoms with E-state index in [4.69, 9.17) is 4.42 Å². The van der Waals surface area contributed by atoms with Crippen molar-refractivity contribution >= 4 is 26.9 Å². The molecule has 1 aliphatic carbocycles. The Labute approximate surface area is 194 Å². The zero-order chi connectivity index (χ0) is 24.0. The Hall–Kier alpha value is -3.53. The van der Waals surface area contributed by atoms with Crippen LogP contribution >= 0.6 is 0 Å².